The van der Waals surface area contributed by atoms with E-state index in [1.54, 1.807) is 42.6 Å². The fourth-order valence-corrected chi connectivity index (χ4v) is 5.49. The number of hydrogen-bond donors (Lipinski definition) is 1. The van der Waals surface area contributed by atoms with Gasteiger partial charge in [-0.3, -0.25) is 19.6 Å². The van der Waals surface area contributed by atoms with Gasteiger partial charge in [0.2, 0.25) is 5.91 Å². The van der Waals surface area contributed by atoms with E-state index in [-0.39, 0.29) is 5.91 Å². The summed E-state index contributed by atoms with van der Waals surface area (Å²) in [6, 6.07) is 5.68. The first-order valence-corrected chi connectivity index (χ1v) is 13.0. The number of pyridine rings is 1. The molecule has 1 aromatic carbocycles. The Labute approximate surface area is 231 Å². The summed E-state index contributed by atoms with van der Waals surface area (Å²) in [5, 5.41) is 4.86. The average molecular weight is 540 g/mol. The lowest BCUT2D eigenvalue weighted by Crippen LogP contribution is -2.55. The molecular weight excluding hydrogens is 510 g/mol. The van der Waals surface area contributed by atoms with Gasteiger partial charge in [-0.25, -0.2) is 9.67 Å². The minimum absolute atomic E-state index is 0.136. The van der Waals surface area contributed by atoms with E-state index < -0.39 is 11.4 Å². The van der Waals surface area contributed by atoms with E-state index in [0.717, 1.165) is 27.9 Å². The third-order valence-corrected chi connectivity index (χ3v) is 7.50. The van der Waals surface area contributed by atoms with E-state index in [1.807, 2.05) is 30.9 Å². The predicted octanol–water partition coefficient (Wildman–Crippen LogP) is 2.85. The molecule has 0 bridgehead atoms. The number of ether oxygens (including phenoxy) is 2. The Kier molecular flexibility index (Phi) is 6.30. The number of methoxy groups -OCH3 is 1. The molecule has 1 saturated heterocycles. The molecule has 1 aliphatic heterocycles. The maximum Gasteiger partial charge on any atom is 0.275 e. The van der Waals surface area contributed by atoms with Gasteiger partial charge in [0.25, 0.3) is 5.91 Å². The molecule has 1 aliphatic carbocycles. The van der Waals surface area contributed by atoms with E-state index in [4.69, 9.17) is 20.3 Å². The molecule has 4 heterocycles. The molecule has 0 spiro atoms. The summed E-state index contributed by atoms with van der Waals surface area (Å²) < 4.78 is 13.1. The normalized spacial score (nSPS) is 15.7. The number of morpholine rings is 1. The summed E-state index contributed by atoms with van der Waals surface area (Å²) in [4.78, 5) is 40.7. The van der Waals surface area contributed by atoms with Gasteiger partial charge in [-0.1, -0.05) is 0 Å². The third kappa shape index (κ3) is 4.28. The summed E-state index contributed by atoms with van der Waals surface area (Å²) in [6.07, 6.45) is 9.22. The van der Waals surface area contributed by atoms with Gasteiger partial charge in [0.05, 0.1) is 43.3 Å². The first-order chi connectivity index (χ1) is 19.3. The fourth-order valence-electron chi connectivity index (χ4n) is 5.49. The van der Waals surface area contributed by atoms with Crippen LogP contribution in [0, 0.1) is 0 Å². The van der Waals surface area contributed by atoms with Crippen LogP contribution in [0.5, 0.6) is 5.75 Å². The van der Waals surface area contributed by atoms with Crippen LogP contribution in [-0.4, -0.2) is 73.9 Å². The van der Waals surface area contributed by atoms with Crippen molar-refractivity contribution in [3.63, 3.8) is 0 Å². The highest BCUT2D eigenvalue weighted by Gasteiger charge is 2.39. The van der Waals surface area contributed by atoms with Crippen LogP contribution in [0.15, 0.2) is 49.2 Å². The van der Waals surface area contributed by atoms with Crippen LogP contribution in [0.1, 0.15) is 45.8 Å². The molecule has 2 aliphatic rings. The van der Waals surface area contributed by atoms with Crippen molar-refractivity contribution in [1.82, 2.24) is 29.6 Å². The van der Waals surface area contributed by atoms with Crippen LogP contribution in [0.3, 0.4) is 0 Å². The fraction of sp³-hybridized carbons (Fsp3) is 0.310. The molecule has 204 valence electrons. The quantitative estimate of drug-likeness (QED) is 0.409. The molecule has 6 rings (SSSR count). The maximum atomic E-state index is 14.0. The molecule has 0 saturated carbocycles. The first-order valence-electron chi connectivity index (χ1n) is 13.0. The Balaban J connectivity index is 1.56. The lowest BCUT2D eigenvalue weighted by atomic mass is 9.86. The van der Waals surface area contributed by atoms with Gasteiger partial charge in [0.1, 0.15) is 5.75 Å². The monoisotopic (exact) mass is 539 g/mol. The molecule has 4 aromatic rings. The number of hydrogen-bond acceptors (Lipinski definition) is 8. The van der Waals surface area contributed by atoms with Crippen molar-refractivity contribution in [2.45, 2.75) is 32.2 Å². The molecule has 1 fully saturated rings. The largest absolute Gasteiger partial charge is 0.496 e. The average Bonchev–Trinajstić information content (AvgIpc) is 3.36. The topological polar surface area (TPSA) is 138 Å². The molecule has 11 nitrogen and oxygen atoms in total. The van der Waals surface area contributed by atoms with Crippen LogP contribution >= 0.6 is 0 Å². The van der Waals surface area contributed by atoms with Crippen LogP contribution in [-0.2, 0) is 17.6 Å². The molecule has 2 N–H and O–H groups in total. The number of carbonyl (C=O) groups is 2. The molecule has 3 aromatic heterocycles. The van der Waals surface area contributed by atoms with Crippen LogP contribution < -0.4 is 10.5 Å². The van der Waals surface area contributed by atoms with Gasteiger partial charge in [-0.2, -0.15) is 5.10 Å². The molecule has 2 amide bonds. The van der Waals surface area contributed by atoms with Gasteiger partial charge < -0.3 is 20.1 Å². The summed E-state index contributed by atoms with van der Waals surface area (Å²) >= 11 is 0. The van der Waals surface area contributed by atoms with Gasteiger partial charge in [0, 0.05) is 53.6 Å². The van der Waals surface area contributed by atoms with Crippen molar-refractivity contribution in [3.8, 4) is 34.0 Å². The van der Waals surface area contributed by atoms with E-state index in [1.165, 1.54) is 6.20 Å². The number of aryl methyl sites for hydroxylation is 1. The van der Waals surface area contributed by atoms with Gasteiger partial charge in [-0.05, 0) is 50.5 Å². The highest BCUT2D eigenvalue weighted by molar-refractivity contribution is 5.98. The van der Waals surface area contributed by atoms with E-state index in [9.17, 15) is 9.59 Å². The first kappa shape index (κ1) is 25.6. The zero-order chi connectivity index (χ0) is 28.0. The number of amides is 2. The molecule has 0 unspecified atom stereocenters. The number of benzene rings is 1. The van der Waals surface area contributed by atoms with E-state index in [0.29, 0.717) is 61.0 Å². The Morgan fingerprint density at radius 1 is 1.05 bits per heavy atom. The number of primary amides is 1. The summed E-state index contributed by atoms with van der Waals surface area (Å²) in [6.45, 7) is 5.42. The number of fused-ring (bicyclic) bond motifs is 3. The lowest BCUT2D eigenvalue weighted by Gasteiger charge is -2.41. The summed E-state index contributed by atoms with van der Waals surface area (Å²) in [5.41, 5.74) is 10.7. The van der Waals surface area contributed by atoms with Crippen molar-refractivity contribution in [2.75, 3.05) is 26.9 Å². The zero-order valence-electron chi connectivity index (χ0n) is 22.5. The minimum Gasteiger partial charge on any atom is -0.496 e. The van der Waals surface area contributed by atoms with Crippen LogP contribution in [0.4, 0.5) is 0 Å². The predicted molar refractivity (Wildman–Crippen MR) is 146 cm³/mol. The highest BCUT2D eigenvalue weighted by atomic mass is 16.5. The molecular formula is C29H29N7O4. The SMILES string of the molecule is COc1cc2c(cc1-c1cncc(C(N)=O)c1)-c1c(c(C(=O)N3CCOCC3(C)C)nn1-c1cnccn1)CC2. The Hall–Kier alpha value is -4.64. The van der Waals surface area contributed by atoms with Crippen molar-refractivity contribution in [3.05, 3.63) is 71.6 Å². The maximum absolute atomic E-state index is 14.0. The molecule has 0 atom stereocenters. The van der Waals surface area contributed by atoms with Gasteiger partial charge in [-0.15, -0.1) is 0 Å². The molecule has 11 heteroatoms. The second kappa shape index (κ2) is 9.83. The van der Waals surface area contributed by atoms with Crippen molar-refractivity contribution in [2.24, 2.45) is 5.73 Å². The van der Waals surface area contributed by atoms with E-state index in [2.05, 4.69) is 15.0 Å². The second-order valence-electron chi connectivity index (χ2n) is 10.5. The van der Waals surface area contributed by atoms with Crippen LogP contribution in [0.25, 0.3) is 28.2 Å². The minimum atomic E-state index is -0.566. The van der Waals surface area contributed by atoms with Crippen molar-refractivity contribution < 1.29 is 19.1 Å². The summed E-state index contributed by atoms with van der Waals surface area (Å²) in [5.74, 6) is 0.440. The van der Waals surface area contributed by atoms with E-state index >= 15 is 0 Å². The summed E-state index contributed by atoms with van der Waals surface area (Å²) in [7, 11) is 1.61. The Morgan fingerprint density at radius 3 is 2.62 bits per heavy atom. The highest BCUT2D eigenvalue weighted by Crippen LogP contribution is 2.43. The van der Waals surface area contributed by atoms with Crippen molar-refractivity contribution in [1.29, 1.82) is 0 Å². The Morgan fingerprint density at radius 2 is 1.90 bits per heavy atom. The van der Waals surface area contributed by atoms with Gasteiger partial charge in [0.15, 0.2) is 11.5 Å². The number of nitrogens with two attached hydrogens (primary N) is 1. The van der Waals surface area contributed by atoms with Gasteiger partial charge >= 0.3 is 0 Å². The molecule has 40 heavy (non-hydrogen) atoms. The standard InChI is InChI=1S/C29H29N7O4/c1-29(2)16-40-9-8-35(29)28(38)25-20-5-4-17-11-23(39-3)21(18-10-19(27(30)37)14-32-13-18)12-22(17)26(20)36(34-25)24-15-31-6-7-33-24/h6-7,10-15H,4-5,8-9,16H2,1-3H3,(H2,30,37). The zero-order valence-corrected chi connectivity index (χ0v) is 22.5. The Bertz CT molecular complexity index is 1630. The lowest BCUT2D eigenvalue weighted by molar-refractivity contribution is -0.0373. The third-order valence-electron chi connectivity index (χ3n) is 7.50. The smallest absolute Gasteiger partial charge is 0.275 e. The van der Waals surface area contributed by atoms with Crippen molar-refractivity contribution >= 4 is 11.8 Å². The number of nitrogens with zero attached hydrogens (tertiary/aromatic N) is 6. The number of rotatable bonds is 5. The van der Waals surface area contributed by atoms with Crippen LogP contribution in [0.2, 0.25) is 0 Å². The number of carbonyl (C=O) groups excluding carboxylic acids is 2. The number of aromatic nitrogens is 5. The second-order valence-corrected chi connectivity index (χ2v) is 10.5. The molecule has 0 radical (unpaired) electrons.